The highest BCUT2D eigenvalue weighted by atomic mass is 16.6. The number of amides is 1. The molecule has 0 aliphatic carbocycles. The molecule has 0 bridgehead atoms. The molecule has 0 spiro atoms. The summed E-state index contributed by atoms with van der Waals surface area (Å²) in [5.41, 5.74) is 4.57. The molecule has 0 saturated heterocycles. The number of ether oxygens (including phenoxy) is 2. The molecule has 6 nitrogen and oxygen atoms in total. The summed E-state index contributed by atoms with van der Waals surface area (Å²) in [5.74, 6) is 1.30. The molecule has 29 heavy (non-hydrogen) atoms. The number of hydrogen-bond acceptors (Lipinski definition) is 4. The third-order valence-electron chi connectivity index (χ3n) is 5.12. The zero-order valence-electron chi connectivity index (χ0n) is 16.9. The van der Waals surface area contributed by atoms with Crippen LogP contribution in [0, 0.1) is 20.8 Å². The summed E-state index contributed by atoms with van der Waals surface area (Å²) in [6.07, 6.45) is -0.225. The molecule has 150 valence electrons. The number of carbonyl (C=O) groups is 1. The lowest BCUT2D eigenvalue weighted by molar-refractivity contribution is 0.0788. The Morgan fingerprint density at radius 1 is 1.10 bits per heavy atom. The molecule has 1 aliphatic rings. The fraction of sp³-hybridized carbons (Fsp3) is 0.304. The maximum atomic E-state index is 12.8. The molecule has 1 N–H and O–H groups in total. The molecule has 1 unspecified atom stereocenters. The van der Waals surface area contributed by atoms with Crippen LogP contribution in [0.2, 0.25) is 0 Å². The Balaban J connectivity index is 1.41. The predicted molar refractivity (Wildman–Crippen MR) is 111 cm³/mol. The SMILES string of the molecule is Cc1ccc(Cn2nc(C)c(C(=O)NCC3COc4ccccc4O3)c2C)cc1. The minimum atomic E-state index is -0.225. The molecule has 0 saturated carbocycles. The Hall–Kier alpha value is -3.28. The van der Waals surface area contributed by atoms with Gasteiger partial charge in [-0.15, -0.1) is 0 Å². The number of benzene rings is 2. The van der Waals surface area contributed by atoms with Gasteiger partial charge in [0.05, 0.1) is 24.3 Å². The topological polar surface area (TPSA) is 65.4 Å². The number of aromatic nitrogens is 2. The van der Waals surface area contributed by atoms with Crippen molar-refractivity contribution in [2.45, 2.75) is 33.4 Å². The van der Waals surface area contributed by atoms with Crippen molar-refractivity contribution < 1.29 is 14.3 Å². The first-order chi connectivity index (χ1) is 14.0. The van der Waals surface area contributed by atoms with Crippen LogP contribution in [0.1, 0.15) is 32.9 Å². The van der Waals surface area contributed by atoms with Crippen LogP contribution in [0.4, 0.5) is 0 Å². The summed E-state index contributed by atoms with van der Waals surface area (Å²) in [7, 11) is 0. The van der Waals surface area contributed by atoms with Crippen molar-refractivity contribution in [3.63, 3.8) is 0 Å². The molecule has 0 fully saturated rings. The Kier molecular flexibility index (Phi) is 5.25. The average molecular weight is 391 g/mol. The molecule has 6 heteroatoms. The van der Waals surface area contributed by atoms with Crippen molar-refractivity contribution in [3.05, 3.63) is 76.6 Å². The van der Waals surface area contributed by atoms with Crippen molar-refractivity contribution in [2.24, 2.45) is 0 Å². The number of nitrogens with zero attached hydrogens (tertiary/aromatic N) is 2. The summed E-state index contributed by atoms with van der Waals surface area (Å²) in [6, 6.07) is 15.9. The second-order valence-corrected chi connectivity index (χ2v) is 7.40. The van der Waals surface area contributed by atoms with Gasteiger partial charge in [0.1, 0.15) is 12.7 Å². The molecule has 4 rings (SSSR count). The van der Waals surface area contributed by atoms with E-state index in [9.17, 15) is 4.79 Å². The molecule has 2 heterocycles. The molecule has 2 aromatic carbocycles. The maximum absolute atomic E-state index is 12.8. The average Bonchev–Trinajstić information content (AvgIpc) is 3.00. The van der Waals surface area contributed by atoms with Crippen LogP contribution in [0.3, 0.4) is 0 Å². The highest BCUT2D eigenvalue weighted by Gasteiger charge is 2.23. The van der Waals surface area contributed by atoms with Crippen molar-refractivity contribution in [2.75, 3.05) is 13.2 Å². The van der Waals surface area contributed by atoms with Crippen molar-refractivity contribution in [3.8, 4) is 11.5 Å². The van der Waals surface area contributed by atoms with Gasteiger partial charge in [-0.25, -0.2) is 0 Å². The van der Waals surface area contributed by atoms with Gasteiger partial charge in [0.2, 0.25) is 0 Å². The Morgan fingerprint density at radius 3 is 2.59 bits per heavy atom. The van der Waals surface area contributed by atoms with E-state index >= 15 is 0 Å². The van der Waals surface area contributed by atoms with Crippen molar-refractivity contribution in [1.82, 2.24) is 15.1 Å². The molecule has 1 aliphatic heterocycles. The highest BCUT2D eigenvalue weighted by molar-refractivity contribution is 5.96. The fourth-order valence-corrected chi connectivity index (χ4v) is 3.50. The van der Waals surface area contributed by atoms with Crippen molar-refractivity contribution >= 4 is 5.91 Å². The first-order valence-corrected chi connectivity index (χ1v) is 9.77. The van der Waals surface area contributed by atoms with E-state index < -0.39 is 0 Å². The number of para-hydroxylation sites is 2. The second kappa shape index (κ2) is 7.99. The van der Waals surface area contributed by atoms with E-state index in [0.717, 1.165) is 22.7 Å². The van der Waals surface area contributed by atoms with Gasteiger partial charge in [0, 0.05) is 5.69 Å². The third kappa shape index (κ3) is 4.11. The summed E-state index contributed by atoms with van der Waals surface area (Å²) in [4.78, 5) is 12.8. The van der Waals surface area contributed by atoms with E-state index in [1.807, 2.05) is 42.8 Å². The molecular weight excluding hydrogens is 366 g/mol. The van der Waals surface area contributed by atoms with E-state index in [2.05, 4.69) is 41.6 Å². The van der Waals surface area contributed by atoms with Crippen LogP contribution in [0.25, 0.3) is 0 Å². The van der Waals surface area contributed by atoms with Gasteiger partial charge < -0.3 is 14.8 Å². The lowest BCUT2D eigenvalue weighted by atomic mass is 10.1. The number of hydrogen-bond donors (Lipinski definition) is 1. The lowest BCUT2D eigenvalue weighted by Crippen LogP contribution is -2.41. The molecule has 0 radical (unpaired) electrons. The minimum absolute atomic E-state index is 0.141. The van der Waals surface area contributed by atoms with E-state index in [1.165, 1.54) is 5.56 Å². The number of fused-ring (bicyclic) bond motifs is 1. The fourth-order valence-electron chi connectivity index (χ4n) is 3.50. The van der Waals surface area contributed by atoms with Crippen LogP contribution in [0.15, 0.2) is 48.5 Å². The molecule has 1 amide bonds. The first kappa shape index (κ1) is 19.1. The lowest BCUT2D eigenvalue weighted by Gasteiger charge is -2.26. The summed E-state index contributed by atoms with van der Waals surface area (Å²) in [6.45, 7) is 7.27. The molecule has 3 aromatic rings. The molecular formula is C23H25N3O3. The monoisotopic (exact) mass is 391 g/mol. The Bertz CT molecular complexity index is 1020. The van der Waals surface area contributed by atoms with E-state index in [-0.39, 0.29) is 12.0 Å². The van der Waals surface area contributed by atoms with Gasteiger partial charge in [-0.1, -0.05) is 42.0 Å². The van der Waals surface area contributed by atoms with Crippen LogP contribution < -0.4 is 14.8 Å². The molecule has 1 aromatic heterocycles. The zero-order chi connectivity index (χ0) is 20.4. The summed E-state index contributed by atoms with van der Waals surface area (Å²) < 4.78 is 13.5. The second-order valence-electron chi connectivity index (χ2n) is 7.40. The molecule has 1 atom stereocenters. The third-order valence-corrected chi connectivity index (χ3v) is 5.12. The number of rotatable bonds is 5. The van der Waals surface area contributed by atoms with Gasteiger partial charge in [-0.2, -0.15) is 5.10 Å². The number of nitrogens with one attached hydrogen (secondary N) is 1. The van der Waals surface area contributed by atoms with Gasteiger partial charge in [0.15, 0.2) is 11.5 Å². The highest BCUT2D eigenvalue weighted by Crippen LogP contribution is 2.30. The maximum Gasteiger partial charge on any atom is 0.255 e. The largest absolute Gasteiger partial charge is 0.486 e. The van der Waals surface area contributed by atoms with E-state index in [4.69, 9.17) is 9.47 Å². The smallest absolute Gasteiger partial charge is 0.255 e. The quantitative estimate of drug-likeness (QED) is 0.724. The Labute approximate surface area is 170 Å². The van der Waals surface area contributed by atoms with E-state index in [1.54, 1.807) is 0 Å². The van der Waals surface area contributed by atoms with Crippen LogP contribution in [-0.2, 0) is 6.54 Å². The summed E-state index contributed by atoms with van der Waals surface area (Å²) >= 11 is 0. The van der Waals surface area contributed by atoms with Crippen LogP contribution >= 0.6 is 0 Å². The van der Waals surface area contributed by atoms with Gasteiger partial charge in [0.25, 0.3) is 5.91 Å². The summed E-state index contributed by atoms with van der Waals surface area (Å²) in [5, 5.41) is 7.54. The van der Waals surface area contributed by atoms with Gasteiger partial charge in [-0.05, 0) is 38.5 Å². The zero-order valence-corrected chi connectivity index (χ0v) is 16.9. The normalized spacial score (nSPS) is 15.2. The number of aryl methyl sites for hydroxylation is 2. The predicted octanol–water partition coefficient (Wildman–Crippen LogP) is 3.43. The van der Waals surface area contributed by atoms with Crippen molar-refractivity contribution in [1.29, 1.82) is 0 Å². The minimum Gasteiger partial charge on any atom is -0.486 e. The number of carbonyl (C=O) groups excluding carboxylic acids is 1. The van der Waals surface area contributed by atoms with Gasteiger partial charge in [-0.3, -0.25) is 9.48 Å². The van der Waals surface area contributed by atoms with Crippen LogP contribution in [-0.4, -0.2) is 34.9 Å². The first-order valence-electron chi connectivity index (χ1n) is 9.77. The Morgan fingerprint density at radius 2 is 1.83 bits per heavy atom. The van der Waals surface area contributed by atoms with E-state index in [0.29, 0.717) is 31.0 Å². The standard InChI is InChI=1S/C23H25N3O3/c1-15-8-10-18(11-9-15)13-26-17(3)22(16(2)25-26)23(27)24-12-19-14-28-20-6-4-5-7-21(20)29-19/h4-11,19H,12-14H2,1-3H3,(H,24,27). The van der Waals surface area contributed by atoms with Gasteiger partial charge >= 0.3 is 0 Å². The van der Waals surface area contributed by atoms with Crippen LogP contribution in [0.5, 0.6) is 11.5 Å².